The van der Waals surface area contributed by atoms with E-state index in [0.717, 1.165) is 5.69 Å². The zero-order valence-electron chi connectivity index (χ0n) is 13.3. The Bertz CT molecular complexity index is 903. The largest absolute Gasteiger partial charge is 0.321 e. The van der Waals surface area contributed by atoms with Crippen LogP contribution in [0, 0.1) is 0 Å². The first-order chi connectivity index (χ1) is 12.0. The standard InChI is InChI=1S/C18H14Cl2N4O/c1-24(13-5-3-2-4-6-13)18-21-10-9-16(23-18)17(25)22-12-7-8-14(19)15(20)11-12/h2-11H,1H3,(H,22,25). The van der Waals surface area contributed by atoms with Crippen molar-refractivity contribution in [3.63, 3.8) is 0 Å². The van der Waals surface area contributed by atoms with Gasteiger partial charge in [-0.15, -0.1) is 0 Å². The van der Waals surface area contributed by atoms with Gasteiger partial charge in [0.05, 0.1) is 10.0 Å². The minimum Gasteiger partial charge on any atom is -0.321 e. The first-order valence-corrected chi connectivity index (χ1v) is 8.18. The Labute approximate surface area is 155 Å². The second-order valence-corrected chi connectivity index (χ2v) is 6.03. The molecule has 1 heterocycles. The van der Waals surface area contributed by atoms with Crippen LogP contribution in [0.3, 0.4) is 0 Å². The Hall–Kier alpha value is -2.63. The lowest BCUT2D eigenvalue weighted by molar-refractivity contribution is 0.102. The van der Waals surface area contributed by atoms with Gasteiger partial charge in [0.1, 0.15) is 5.69 Å². The van der Waals surface area contributed by atoms with Crippen LogP contribution in [0.5, 0.6) is 0 Å². The maximum Gasteiger partial charge on any atom is 0.274 e. The highest BCUT2D eigenvalue weighted by Crippen LogP contribution is 2.25. The van der Waals surface area contributed by atoms with E-state index in [0.29, 0.717) is 21.7 Å². The number of benzene rings is 2. The van der Waals surface area contributed by atoms with E-state index in [1.54, 1.807) is 35.4 Å². The Morgan fingerprint density at radius 1 is 1.04 bits per heavy atom. The normalized spacial score (nSPS) is 10.4. The molecule has 0 radical (unpaired) electrons. The van der Waals surface area contributed by atoms with Gasteiger partial charge in [-0.3, -0.25) is 4.79 Å². The number of hydrogen-bond donors (Lipinski definition) is 1. The van der Waals surface area contributed by atoms with Gasteiger partial charge in [0, 0.05) is 24.6 Å². The summed E-state index contributed by atoms with van der Waals surface area (Å²) >= 11 is 11.8. The summed E-state index contributed by atoms with van der Waals surface area (Å²) < 4.78 is 0. The van der Waals surface area contributed by atoms with Gasteiger partial charge < -0.3 is 10.2 Å². The molecule has 0 spiro atoms. The molecule has 0 aliphatic heterocycles. The topological polar surface area (TPSA) is 58.1 Å². The quantitative estimate of drug-likeness (QED) is 0.714. The third-order valence-corrected chi connectivity index (χ3v) is 4.24. The fourth-order valence-electron chi connectivity index (χ4n) is 2.17. The van der Waals surface area contributed by atoms with Gasteiger partial charge in [-0.25, -0.2) is 9.97 Å². The maximum atomic E-state index is 12.4. The molecule has 126 valence electrons. The number of nitrogens with one attached hydrogen (secondary N) is 1. The van der Waals surface area contributed by atoms with Crippen LogP contribution < -0.4 is 10.2 Å². The van der Waals surface area contributed by atoms with Gasteiger partial charge in [0.15, 0.2) is 0 Å². The number of hydrogen-bond acceptors (Lipinski definition) is 4. The first-order valence-electron chi connectivity index (χ1n) is 7.43. The van der Waals surface area contributed by atoms with E-state index < -0.39 is 0 Å². The molecule has 7 heteroatoms. The molecule has 3 aromatic rings. The van der Waals surface area contributed by atoms with Gasteiger partial charge in [-0.05, 0) is 36.4 Å². The molecule has 0 saturated carbocycles. The number of carbonyl (C=O) groups excluding carboxylic acids is 1. The van der Waals surface area contributed by atoms with Crippen LogP contribution in [0.15, 0.2) is 60.8 Å². The highest BCUT2D eigenvalue weighted by molar-refractivity contribution is 6.42. The van der Waals surface area contributed by atoms with Crippen molar-refractivity contribution in [3.8, 4) is 0 Å². The molecule has 0 aliphatic carbocycles. The van der Waals surface area contributed by atoms with Crippen molar-refractivity contribution in [2.75, 3.05) is 17.3 Å². The maximum absolute atomic E-state index is 12.4. The molecule has 0 saturated heterocycles. The lowest BCUT2D eigenvalue weighted by Crippen LogP contribution is -2.18. The molecule has 25 heavy (non-hydrogen) atoms. The fourth-order valence-corrected chi connectivity index (χ4v) is 2.47. The molecular formula is C18H14Cl2N4O. The fraction of sp³-hybridized carbons (Fsp3) is 0.0556. The molecule has 3 rings (SSSR count). The highest BCUT2D eigenvalue weighted by atomic mass is 35.5. The summed E-state index contributed by atoms with van der Waals surface area (Å²) in [5.74, 6) is 0.0662. The summed E-state index contributed by atoms with van der Waals surface area (Å²) in [6.07, 6.45) is 1.55. The number of carbonyl (C=O) groups is 1. The van der Waals surface area contributed by atoms with Crippen LogP contribution >= 0.6 is 23.2 Å². The van der Waals surface area contributed by atoms with E-state index in [2.05, 4.69) is 15.3 Å². The van der Waals surface area contributed by atoms with Gasteiger partial charge in [-0.1, -0.05) is 41.4 Å². The second kappa shape index (κ2) is 7.51. The Morgan fingerprint density at radius 2 is 1.80 bits per heavy atom. The molecule has 1 amide bonds. The van der Waals surface area contributed by atoms with Crippen molar-refractivity contribution in [1.82, 2.24) is 9.97 Å². The summed E-state index contributed by atoms with van der Waals surface area (Å²) in [5.41, 5.74) is 1.71. The number of rotatable bonds is 4. The number of aromatic nitrogens is 2. The monoisotopic (exact) mass is 372 g/mol. The molecule has 0 aliphatic rings. The average Bonchev–Trinajstić information content (AvgIpc) is 2.65. The van der Waals surface area contributed by atoms with E-state index in [9.17, 15) is 4.79 Å². The Balaban J connectivity index is 1.81. The summed E-state index contributed by atoms with van der Waals surface area (Å²) in [6, 6.07) is 16.1. The minimum absolute atomic E-state index is 0.249. The molecule has 0 bridgehead atoms. The van der Waals surface area contributed by atoms with Crippen LogP contribution in [0.25, 0.3) is 0 Å². The highest BCUT2D eigenvalue weighted by Gasteiger charge is 2.13. The third-order valence-electron chi connectivity index (χ3n) is 3.50. The van der Waals surface area contributed by atoms with Crippen molar-refractivity contribution in [1.29, 1.82) is 0 Å². The Kier molecular flexibility index (Phi) is 5.16. The zero-order valence-corrected chi connectivity index (χ0v) is 14.8. The van der Waals surface area contributed by atoms with Gasteiger partial charge in [0.2, 0.25) is 5.95 Å². The van der Waals surface area contributed by atoms with E-state index >= 15 is 0 Å². The Morgan fingerprint density at radius 3 is 2.52 bits per heavy atom. The second-order valence-electron chi connectivity index (χ2n) is 5.22. The van der Waals surface area contributed by atoms with E-state index in [-0.39, 0.29) is 11.6 Å². The zero-order chi connectivity index (χ0) is 17.8. The van der Waals surface area contributed by atoms with Gasteiger partial charge >= 0.3 is 0 Å². The summed E-state index contributed by atoms with van der Waals surface area (Å²) in [5, 5.41) is 3.53. The summed E-state index contributed by atoms with van der Waals surface area (Å²) in [6.45, 7) is 0. The summed E-state index contributed by atoms with van der Waals surface area (Å²) in [4.78, 5) is 22.8. The van der Waals surface area contributed by atoms with Gasteiger partial charge in [-0.2, -0.15) is 0 Å². The van der Waals surface area contributed by atoms with E-state index in [1.807, 2.05) is 37.4 Å². The smallest absolute Gasteiger partial charge is 0.274 e. The van der Waals surface area contributed by atoms with Crippen molar-refractivity contribution in [3.05, 3.63) is 76.5 Å². The van der Waals surface area contributed by atoms with Crippen molar-refractivity contribution in [2.24, 2.45) is 0 Å². The molecule has 2 aromatic carbocycles. The predicted molar refractivity (Wildman–Crippen MR) is 101 cm³/mol. The molecular weight excluding hydrogens is 359 g/mol. The van der Waals surface area contributed by atoms with Crippen molar-refractivity contribution in [2.45, 2.75) is 0 Å². The van der Waals surface area contributed by atoms with Crippen molar-refractivity contribution < 1.29 is 4.79 Å². The average molecular weight is 373 g/mol. The molecule has 0 unspecified atom stereocenters. The van der Waals surface area contributed by atoms with Crippen LogP contribution in [-0.2, 0) is 0 Å². The summed E-state index contributed by atoms with van der Waals surface area (Å²) in [7, 11) is 1.84. The molecule has 5 nitrogen and oxygen atoms in total. The lowest BCUT2D eigenvalue weighted by atomic mass is 10.3. The third kappa shape index (κ3) is 4.07. The lowest BCUT2D eigenvalue weighted by Gasteiger charge is -2.17. The van der Waals surface area contributed by atoms with Crippen LogP contribution in [-0.4, -0.2) is 22.9 Å². The molecule has 1 N–H and O–H groups in total. The number of para-hydroxylation sites is 1. The van der Waals surface area contributed by atoms with E-state index in [4.69, 9.17) is 23.2 Å². The number of amides is 1. The van der Waals surface area contributed by atoms with Crippen molar-refractivity contribution >= 4 is 46.4 Å². The molecule has 0 atom stereocenters. The first kappa shape index (κ1) is 17.2. The van der Waals surface area contributed by atoms with Crippen LogP contribution in [0.4, 0.5) is 17.3 Å². The van der Waals surface area contributed by atoms with E-state index in [1.165, 1.54) is 0 Å². The van der Waals surface area contributed by atoms with Crippen LogP contribution in [0.1, 0.15) is 10.5 Å². The number of nitrogens with zero attached hydrogens (tertiary/aromatic N) is 3. The SMILES string of the molecule is CN(c1ccccc1)c1nccc(C(=O)Nc2ccc(Cl)c(Cl)c2)n1. The molecule has 0 fully saturated rings. The van der Waals surface area contributed by atoms with Crippen LogP contribution in [0.2, 0.25) is 10.0 Å². The van der Waals surface area contributed by atoms with Gasteiger partial charge in [0.25, 0.3) is 5.91 Å². The predicted octanol–water partition coefficient (Wildman–Crippen LogP) is 4.80. The molecule has 1 aromatic heterocycles. The number of halogens is 2. The number of anilines is 3. The minimum atomic E-state index is -0.358.